The standard InChI is InChI=1S/C31H32BNO6/c1-15-16(2)28(35)30(37)22-23-26(27(34)17(3)24(29(23)36)32(38)39)33(25(15)22)21-13-9-19(10-14-21)18-7-11-20(12-8-18)31(4,5)6/h7-14,34-39H,1-6H3. The van der Waals surface area contributed by atoms with Gasteiger partial charge in [0.1, 0.15) is 17.0 Å². The van der Waals surface area contributed by atoms with Gasteiger partial charge in [-0.3, -0.25) is 0 Å². The van der Waals surface area contributed by atoms with Crippen LogP contribution in [0.25, 0.3) is 38.6 Å². The van der Waals surface area contributed by atoms with Gasteiger partial charge >= 0.3 is 7.12 Å². The molecule has 39 heavy (non-hydrogen) atoms. The second kappa shape index (κ2) is 8.97. The molecule has 200 valence electrons. The summed E-state index contributed by atoms with van der Waals surface area (Å²) in [6.07, 6.45) is 0. The molecule has 0 bridgehead atoms. The van der Waals surface area contributed by atoms with Crippen LogP contribution in [0, 0.1) is 20.8 Å². The van der Waals surface area contributed by atoms with Gasteiger partial charge in [0.2, 0.25) is 0 Å². The fourth-order valence-electron chi connectivity index (χ4n) is 5.42. The smallest absolute Gasteiger partial charge is 0.492 e. The van der Waals surface area contributed by atoms with Gasteiger partial charge in [-0.1, -0.05) is 57.2 Å². The molecule has 1 aromatic heterocycles. The molecular weight excluding hydrogens is 493 g/mol. The summed E-state index contributed by atoms with van der Waals surface area (Å²) in [5, 5.41) is 64.2. The van der Waals surface area contributed by atoms with Crippen LogP contribution in [0.4, 0.5) is 0 Å². The number of nitrogens with zero attached hydrogens (tertiary/aromatic N) is 1. The number of hydrogen-bond acceptors (Lipinski definition) is 6. The Morgan fingerprint density at radius 1 is 0.590 bits per heavy atom. The molecule has 8 heteroatoms. The molecular formula is C31H32BNO6. The molecule has 4 aromatic carbocycles. The second-order valence-electron chi connectivity index (χ2n) is 11.2. The van der Waals surface area contributed by atoms with E-state index >= 15 is 0 Å². The number of aromatic hydroxyl groups is 4. The van der Waals surface area contributed by atoms with Gasteiger partial charge < -0.3 is 35.0 Å². The Morgan fingerprint density at radius 3 is 1.62 bits per heavy atom. The fourth-order valence-corrected chi connectivity index (χ4v) is 5.42. The Labute approximate surface area is 227 Å². The second-order valence-corrected chi connectivity index (χ2v) is 11.2. The minimum atomic E-state index is -2.06. The highest BCUT2D eigenvalue weighted by atomic mass is 16.4. The Morgan fingerprint density at radius 2 is 1.10 bits per heavy atom. The van der Waals surface area contributed by atoms with Crippen LogP contribution in [0.3, 0.4) is 0 Å². The van der Waals surface area contributed by atoms with Gasteiger partial charge in [-0.25, -0.2) is 0 Å². The van der Waals surface area contributed by atoms with Crippen molar-refractivity contribution in [2.45, 2.75) is 47.0 Å². The van der Waals surface area contributed by atoms with E-state index in [1.165, 1.54) is 12.5 Å². The molecule has 5 rings (SSSR count). The largest absolute Gasteiger partial charge is 0.508 e. The van der Waals surface area contributed by atoms with E-state index in [9.17, 15) is 30.5 Å². The van der Waals surface area contributed by atoms with Crippen LogP contribution >= 0.6 is 0 Å². The SMILES string of the molecule is Cc1c(O)c(O)c2c3c(O)c(B(O)O)c(C)c(O)c3n(-c3ccc(-c4ccc(C(C)(C)C)cc4)cc3)c2c1C. The van der Waals surface area contributed by atoms with E-state index in [0.29, 0.717) is 22.3 Å². The minimum absolute atomic E-state index is 0.00828. The first-order valence-electron chi connectivity index (χ1n) is 12.8. The number of benzene rings is 4. The van der Waals surface area contributed by atoms with Gasteiger partial charge in [0.25, 0.3) is 0 Å². The predicted molar refractivity (Wildman–Crippen MR) is 156 cm³/mol. The summed E-state index contributed by atoms with van der Waals surface area (Å²) in [6.45, 7) is 11.4. The van der Waals surface area contributed by atoms with Crippen LogP contribution in [0.2, 0.25) is 0 Å². The van der Waals surface area contributed by atoms with Crippen molar-refractivity contribution >= 4 is 34.4 Å². The molecule has 0 aliphatic rings. The average Bonchev–Trinajstić information content (AvgIpc) is 3.26. The van der Waals surface area contributed by atoms with Gasteiger partial charge in [0, 0.05) is 11.2 Å². The summed E-state index contributed by atoms with van der Waals surface area (Å²) in [7, 11) is -2.06. The lowest BCUT2D eigenvalue weighted by Crippen LogP contribution is -2.32. The van der Waals surface area contributed by atoms with Crippen LogP contribution in [0.1, 0.15) is 43.0 Å². The first kappa shape index (κ1) is 26.5. The van der Waals surface area contributed by atoms with Crippen molar-refractivity contribution < 1.29 is 30.5 Å². The van der Waals surface area contributed by atoms with Gasteiger partial charge in [-0.05, 0) is 71.7 Å². The third-order valence-corrected chi connectivity index (χ3v) is 7.85. The fraction of sp³-hybridized carbons (Fsp3) is 0.226. The molecule has 0 saturated carbocycles. The zero-order valence-electron chi connectivity index (χ0n) is 22.8. The molecule has 0 atom stereocenters. The van der Waals surface area contributed by atoms with Crippen molar-refractivity contribution in [1.29, 1.82) is 0 Å². The Hall–Kier alpha value is -4.14. The predicted octanol–water partition coefficient (Wildman–Crippen LogP) is 5.18. The average molecular weight is 525 g/mol. The maximum absolute atomic E-state index is 11.3. The van der Waals surface area contributed by atoms with E-state index in [1.54, 1.807) is 18.4 Å². The Bertz CT molecular complexity index is 1760. The van der Waals surface area contributed by atoms with Crippen molar-refractivity contribution in [3.05, 3.63) is 70.8 Å². The number of rotatable bonds is 3. The van der Waals surface area contributed by atoms with Crippen LogP contribution in [-0.2, 0) is 5.41 Å². The maximum atomic E-state index is 11.3. The van der Waals surface area contributed by atoms with Crippen molar-refractivity contribution in [2.75, 3.05) is 0 Å². The number of fused-ring (bicyclic) bond motifs is 3. The minimum Gasteiger partial charge on any atom is -0.508 e. The molecule has 0 saturated heterocycles. The monoisotopic (exact) mass is 525 g/mol. The Balaban J connectivity index is 1.82. The molecule has 7 nitrogen and oxygen atoms in total. The maximum Gasteiger partial charge on any atom is 0.492 e. The highest BCUT2D eigenvalue weighted by Gasteiger charge is 2.32. The number of phenols is 4. The third kappa shape index (κ3) is 3.90. The van der Waals surface area contributed by atoms with E-state index in [2.05, 4.69) is 45.0 Å². The topological polar surface area (TPSA) is 126 Å². The normalized spacial score (nSPS) is 12.0. The lowest BCUT2D eigenvalue weighted by Gasteiger charge is -2.19. The molecule has 6 N–H and O–H groups in total. The molecule has 0 aliphatic carbocycles. The van der Waals surface area contributed by atoms with E-state index in [1.807, 2.05) is 24.3 Å². The van der Waals surface area contributed by atoms with Gasteiger partial charge in [-0.2, -0.15) is 0 Å². The molecule has 1 heterocycles. The first-order valence-corrected chi connectivity index (χ1v) is 12.8. The van der Waals surface area contributed by atoms with E-state index in [4.69, 9.17) is 0 Å². The van der Waals surface area contributed by atoms with Crippen molar-refractivity contribution in [1.82, 2.24) is 4.57 Å². The summed E-state index contributed by atoms with van der Waals surface area (Å²) >= 11 is 0. The van der Waals surface area contributed by atoms with Crippen molar-refractivity contribution in [3.8, 4) is 39.8 Å². The summed E-state index contributed by atoms with van der Waals surface area (Å²) in [6, 6.07) is 16.1. The van der Waals surface area contributed by atoms with Crippen molar-refractivity contribution in [2.24, 2.45) is 0 Å². The van der Waals surface area contributed by atoms with Crippen LogP contribution in [0.5, 0.6) is 23.0 Å². The molecule has 0 aliphatic heterocycles. The zero-order chi connectivity index (χ0) is 28.5. The Kier molecular flexibility index (Phi) is 6.09. The molecule has 0 unspecified atom stereocenters. The zero-order valence-corrected chi connectivity index (χ0v) is 22.8. The summed E-state index contributed by atoms with van der Waals surface area (Å²) in [5.74, 6) is -1.59. The molecule has 0 fully saturated rings. The van der Waals surface area contributed by atoms with Crippen LogP contribution < -0.4 is 5.46 Å². The molecule has 0 amide bonds. The molecule has 0 spiro atoms. The van der Waals surface area contributed by atoms with Gasteiger partial charge in [0.05, 0.1) is 16.3 Å². The number of phenolic OH excluding ortho intramolecular Hbond substituents is 4. The van der Waals surface area contributed by atoms with Crippen LogP contribution in [0.15, 0.2) is 48.5 Å². The lowest BCUT2D eigenvalue weighted by atomic mass is 9.75. The van der Waals surface area contributed by atoms with E-state index in [-0.39, 0.29) is 44.2 Å². The summed E-state index contributed by atoms with van der Waals surface area (Å²) < 4.78 is 1.72. The van der Waals surface area contributed by atoms with Crippen LogP contribution in [-0.4, -0.2) is 42.2 Å². The number of hydrogen-bond donors (Lipinski definition) is 6. The lowest BCUT2D eigenvalue weighted by molar-refractivity contribution is 0.405. The van der Waals surface area contributed by atoms with Gasteiger partial charge in [0.15, 0.2) is 11.5 Å². The number of aryl methyl sites for hydroxylation is 1. The first-order chi connectivity index (χ1) is 18.3. The van der Waals surface area contributed by atoms with Gasteiger partial charge in [-0.15, -0.1) is 0 Å². The molecule has 5 aromatic rings. The van der Waals surface area contributed by atoms with E-state index in [0.717, 1.165) is 11.1 Å². The van der Waals surface area contributed by atoms with Crippen molar-refractivity contribution in [3.63, 3.8) is 0 Å². The highest BCUT2D eigenvalue weighted by Crippen LogP contribution is 2.50. The molecule has 0 radical (unpaired) electrons. The number of aromatic nitrogens is 1. The highest BCUT2D eigenvalue weighted by molar-refractivity contribution is 6.61. The van der Waals surface area contributed by atoms with E-state index < -0.39 is 18.6 Å². The third-order valence-electron chi connectivity index (χ3n) is 7.85. The summed E-state index contributed by atoms with van der Waals surface area (Å²) in [4.78, 5) is 0. The summed E-state index contributed by atoms with van der Waals surface area (Å²) in [5.41, 5.74) is 5.49. The quantitative estimate of drug-likeness (QED) is 0.110.